The minimum absolute atomic E-state index is 0.205. The third-order valence-electron chi connectivity index (χ3n) is 3.67. The van der Waals surface area contributed by atoms with Crippen LogP contribution in [0, 0.1) is 0 Å². The smallest absolute Gasteiger partial charge is 0.129 e. The molecule has 0 saturated carbocycles. The highest BCUT2D eigenvalue weighted by Gasteiger charge is 2.18. The van der Waals surface area contributed by atoms with Crippen LogP contribution in [0.2, 0.25) is 0 Å². The van der Waals surface area contributed by atoms with Gasteiger partial charge in [0.25, 0.3) is 0 Å². The van der Waals surface area contributed by atoms with Crippen LogP contribution in [0.15, 0.2) is 29.6 Å². The van der Waals surface area contributed by atoms with Crippen molar-refractivity contribution in [3.05, 3.63) is 45.6 Å². The Morgan fingerprint density at radius 3 is 3.00 bits per heavy atom. The van der Waals surface area contributed by atoms with Crippen molar-refractivity contribution in [2.75, 3.05) is 20.8 Å². The van der Waals surface area contributed by atoms with E-state index >= 15 is 0 Å². The topological polar surface area (TPSA) is 30.5 Å². The summed E-state index contributed by atoms with van der Waals surface area (Å²) in [6.45, 7) is 0.837. The zero-order chi connectivity index (χ0) is 13.9. The normalized spacial score (nSPS) is 15.3. The lowest BCUT2D eigenvalue weighted by atomic mass is 9.98. The summed E-state index contributed by atoms with van der Waals surface area (Å²) in [6, 6.07) is 8.82. The summed E-state index contributed by atoms with van der Waals surface area (Å²) < 4.78 is 11.0. The zero-order valence-electron chi connectivity index (χ0n) is 11.8. The van der Waals surface area contributed by atoms with Crippen molar-refractivity contribution in [2.45, 2.75) is 18.9 Å². The molecule has 1 atom stereocenters. The van der Waals surface area contributed by atoms with Crippen molar-refractivity contribution in [3.8, 4) is 11.5 Å². The largest absolute Gasteiger partial charge is 0.496 e. The van der Waals surface area contributed by atoms with Crippen molar-refractivity contribution in [2.24, 2.45) is 0 Å². The summed E-state index contributed by atoms with van der Waals surface area (Å²) in [4.78, 5) is 1.26. The van der Waals surface area contributed by atoms with E-state index in [1.54, 1.807) is 18.4 Å². The molecule has 0 radical (unpaired) electrons. The maximum atomic E-state index is 5.68. The first-order valence-electron chi connectivity index (χ1n) is 6.87. The average molecular weight is 289 g/mol. The molecular weight excluding hydrogens is 270 g/mol. The van der Waals surface area contributed by atoms with E-state index in [-0.39, 0.29) is 6.04 Å². The maximum Gasteiger partial charge on any atom is 0.129 e. The molecule has 0 bridgehead atoms. The van der Waals surface area contributed by atoms with Gasteiger partial charge in [-0.1, -0.05) is 12.1 Å². The Morgan fingerprint density at radius 1 is 1.35 bits per heavy atom. The van der Waals surface area contributed by atoms with Crippen molar-refractivity contribution in [3.63, 3.8) is 0 Å². The second kappa shape index (κ2) is 5.85. The Hall–Kier alpha value is -1.52. The van der Waals surface area contributed by atoms with Gasteiger partial charge in [-0.05, 0) is 43.1 Å². The minimum Gasteiger partial charge on any atom is -0.496 e. The summed E-state index contributed by atoms with van der Waals surface area (Å²) in [7, 11) is 3.70. The first kappa shape index (κ1) is 13.5. The second-order valence-corrected chi connectivity index (χ2v) is 5.87. The minimum atomic E-state index is 0.205. The Kier molecular flexibility index (Phi) is 3.94. The van der Waals surface area contributed by atoms with Crippen LogP contribution in [0.25, 0.3) is 0 Å². The van der Waals surface area contributed by atoms with Crippen LogP contribution in [-0.2, 0) is 6.42 Å². The Morgan fingerprint density at radius 2 is 2.25 bits per heavy atom. The van der Waals surface area contributed by atoms with E-state index in [0.717, 1.165) is 30.9 Å². The van der Waals surface area contributed by atoms with E-state index in [1.807, 2.05) is 12.4 Å². The number of methoxy groups -OCH3 is 1. The van der Waals surface area contributed by atoms with Gasteiger partial charge in [0.2, 0.25) is 0 Å². The predicted molar refractivity (Wildman–Crippen MR) is 82.0 cm³/mol. The molecule has 0 amide bonds. The molecular formula is C16H19NO2S. The number of aryl methyl sites for hydroxylation is 1. The van der Waals surface area contributed by atoms with Gasteiger partial charge in [0, 0.05) is 10.3 Å². The van der Waals surface area contributed by atoms with E-state index < -0.39 is 0 Å². The highest BCUT2D eigenvalue weighted by Crippen LogP contribution is 2.34. The van der Waals surface area contributed by atoms with Gasteiger partial charge in [0.15, 0.2) is 0 Å². The third-order valence-corrected chi connectivity index (χ3v) is 4.65. The van der Waals surface area contributed by atoms with E-state index in [9.17, 15) is 0 Å². The summed E-state index contributed by atoms with van der Waals surface area (Å²) in [5, 5.41) is 5.44. The maximum absolute atomic E-state index is 5.68. The number of fused-ring (bicyclic) bond motifs is 1. The Bertz CT molecular complexity index is 594. The number of hydrogen-bond acceptors (Lipinski definition) is 4. The number of thiophene rings is 1. The Labute approximate surface area is 123 Å². The van der Waals surface area contributed by atoms with Gasteiger partial charge in [-0.15, -0.1) is 11.3 Å². The van der Waals surface area contributed by atoms with E-state index in [2.05, 4.69) is 29.6 Å². The highest BCUT2D eigenvalue weighted by molar-refractivity contribution is 7.10. The molecule has 0 fully saturated rings. The molecule has 2 heterocycles. The van der Waals surface area contributed by atoms with Crippen LogP contribution in [0.5, 0.6) is 11.5 Å². The molecule has 0 spiro atoms. The van der Waals surface area contributed by atoms with Gasteiger partial charge >= 0.3 is 0 Å². The molecule has 0 aliphatic carbocycles. The van der Waals surface area contributed by atoms with Gasteiger partial charge in [-0.25, -0.2) is 0 Å². The molecule has 1 N–H and O–H groups in total. The van der Waals surface area contributed by atoms with Crippen LogP contribution in [0.4, 0.5) is 0 Å². The van der Waals surface area contributed by atoms with E-state index in [0.29, 0.717) is 0 Å². The Balaban J connectivity index is 1.92. The molecule has 106 valence electrons. The first-order valence-corrected chi connectivity index (χ1v) is 7.75. The van der Waals surface area contributed by atoms with Gasteiger partial charge in [-0.2, -0.15) is 0 Å². The highest BCUT2D eigenvalue weighted by atomic mass is 32.1. The van der Waals surface area contributed by atoms with Crippen LogP contribution in [0.3, 0.4) is 0 Å². The molecule has 1 aromatic carbocycles. The molecule has 4 heteroatoms. The van der Waals surface area contributed by atoms with Crippen LogP contribution < -0.4 is 14.8 Å². The fraction of sp³-hybridized carbons (Fsp3) is 0.375. The molecule has 20 heavy (non-hydrogen) atoms. The van der Waals surface area contributed by atoms with Gasteiger partial charge in [-0.3, -0.25) is 0 Å². The SMILES string of the molecule is CNC(c1ccc2c(c1)CCCO2)c1cc(OC)cs1. The van der Waals surface area contributed by atoms with Crippen molar-refractivity contribution < 1.29 is 9.47 Å². The van der Waals surface area contributed by atoms with Crippen LogP contribution in [-0.4, -0.2) is 20.8 Å². The fourth-order valence-electron chi connectivity index (χ4n) is 2.63. The van der Waals surface area contributed by atoms with E-state index in [1.165, 1.54) is 16.0 Å². The molecule has 1 unspecified atom stereocenters. The summed E-state index contributed by atoms with van der Waals surface area (Å²) in [6.07, 6.45) is 2.21. The number of hydrogen-bond donors (Lipinski definition) is 1. The molecule has 1 aliphatic heterocycles. The number of ether oxygens (including phenoxy) is 2. The van der Waals surface area contributed by atoms with E-state index in [4.69, 9.17) is 9.47 Å². The summed E-state index contributed by atoms with van der Waals surface area (Å²) in [5.41, 5.74) is 2.60. The zero-order valence-corrected chi connectivity index (χ0v) is 12.6. The molecule has 0 saturated heterocycles. The average Bonchev–Trinajstić information content (AvgIpc) is 2.97. The number of benzene rings is 1. The number of rotatable bonds is 4. The molecule has 2 aromatic rings. The van der Waals surface area contributed by atoms with Gasteiger partial charge in [0.1, 0.15) is 11.5 Å². The third kappa shape index (κ3) is 2.53. The van der Waals surface area contributed by atoms with Crippen LogP contribution >= 0.6 is 11.3 Å². The lowest BCUT2D eigenvalue weighted by Gasteiger charge is -2.21. The fourth-order valence-corrected chi connectivity index (χ4v) is 3.62. The summed E-state index contributed by atoms with van der Waals surface area (Å²) in [5.74, 6) is 1.96. The first-order chi connectivity index (χ1) is 9.81. The monoisotopic (exact) mass is 289 g/mol. The quantitative estimate of drug-likeness (QED) is 0.936. The van der Waals surface area contributed by atoms with Crippen molar-refractivity contribution >= 4 is 11.3 Å². The second-order valence-electron chi connectivity index (χ2n) is 4.93. The standard InChI is InChI=1S/C16H19NO2S/c1-17-16(15-9-13(18-2)10-20-15)12-5-6-14-11(8-12)4-3-7-19-14/h5-6,8-10,16-17H,3-4,7H2,1-2H3. The lowest BCUT2D eigenvalue weighted by molar-refractivity contribution is 0.288. The summed E-state index contributed by atoms with van der Waals surface area (Å²) >= 11 is 1.72. The molecule has 1 aromatic heterocycles. The van der Waals surface area contributed by atoms with Crippen molar-refractivity contribution in [1.29, 1.82) is 0 Å². The number of nitrogens with one attached hydrogen (secondary N) is 1. The van der Waals surface area contributed by atoms with Crippen LogP contribution in [0.1, 0.15) is 28.5 Å². The molecule has 3 rings (SSSR count). The predicted octanol–water partition coefficient (Wildman–Crippen LogP) is 3.39. The van der Waals surface area contributed by atoms with Gasteiger partial charge in [0.05, 0.1) is 19.8 Å². The molecule has 3 nitrogen and oxygen atoms in total. The molecule has 1 aliphatic rings. The lowest BCUT2D eigenvalue weighted by Crippen LogP contribution is -2.17. The van der Waals surface area contributed by atoms with Gasteiger partial charge < -0.3 is 14.8 Å². The van der Waals surface area contributed by atoms with Crippen molar-refractivity contribution in [1.82, 2.24) is 5.32 Å².